The summed E-state index contributed by atoms with van der Waals surface area (Å²) in [6.07, 6.45) is 3.62. The number of methoxy groups -OCH3 is 1. The lowest BCUT2D eigenvalue weighted by Crippen LogP contribution is -2.24. The number of nitrogens with two attached hydrogens (primary N) is 1. The Kier molecular flexibility index (Phi) is 12.7. The van der Waals surface area contributed by atoms with Gasteiger partial charge < -0.3 is 25.3 Å². The Morgan fingerprint density at radius 3 is 2.53 bits per heavy atom. The van der Waals surface area contributed by atoms with E-state index < -0.39 is 17.0 Å². The van der Waals surface area contributed by atoms with E-state index >= 15 is 0 Å². The van der Waals surface area contributed by atoms with E-state index in [1.165, 1.54) is 19.2 Å². The van der Waals surface area contributed by atoms with Crippen molar-refractivity contribution >= 4 is 17.6 Å². The zero-order valence-electron chi connectivity index (χ0n) is 19.2. The quantitative estimate of drug-likeness (QED) is 0.168. The molecule has 0 spiro atoms. The minimum atomic E-state index is -0.847. The van der Waals surface area contributed by atoms with Crippen molar-refractivity contribution in [3.05, 3.63) is 27.8 Å². The van der Waals surface area contributed by atoms with Crippen LogP contribution in [0.25, 0.3) is 0 Å². The summed E-state index contributed by atoms with van der Waals surface area (Å²) in [5.74, 6) is -0.0692. The number of nitro benzene ring substituents is 1. The highest BCUT2D eigenvalue weighted by molar-refractivity contribution is 5.75. The lowest BCUT2D eigenvalue weighted by molar-refractivity contribution is -0.386. The van der Waals surface area contributed by atoms with Crippen molar-refractivity contribution in [2.24, 2.45) is 5.73 Å². The van der Waals surface area contributed by atoms with Gasteiger partial charge in [-0.1, -0.05) is 19.8 Å². The second-order valence-corrected chi connectivity index (χ2v) is 7.35. The maximum atomic E-state index is 11.9. The number of unbranched alkanes of at least 4 members (excludes halogenated alkanes) is 2. The number of amides is 1. The highest BCUT2D eigenvalue weighted by atomic mass is 16.6. The second-order valence-electron chi connectivity index (χ2n) is 7.35. The van der Waals surface area contributed by atoms with E-state index in [9.17, 15) is 19.7 Å². The van der Waals surface area contributed by atoms with Gasteiger partial charge in [0.25, 0.3) is 5.69 Å². The average Bonchev–Trinajstić information content (AvgIpc) is 2.77. The number of esters is 1. The molecule has 3 N–H and O–H groups in total. The van der Waals surface area contributed by atoms with Crippen LogP contribution in [0.3, 0.4) is 0 Å². The van der Waals surface area contributed by atoms with Crippen molar-refractivity contribution in [2.45, 2.75) is 64.9 Å². The molecule has 0 aliphatic carbocycles. The zero-order chi connectivity index (χ0) is 23.9. The summed E-state index contributed by atoms with van der Waals surface area (Å²) >= 11 is 0. The fourth-order valence-corrected chi connectivity index (χ4v) is 2.99. The maximum Gasteiger partial charge on any atom is 0.306 e. The molecule has 1 aromatic rings. The third kappa shape index (κ3) is 9.51. The normalized spacial score (nSPS) is 11.5. The zero-order valence-corrected chi connectivity index (χ0v) is 19.2. The molecule has 1 rings (SSSR count). The maximum absolute atomic E-state index is 11.9. The third-order valence-corrected chi connectivity index (χ3v) is 4.75. The molecule has 0 bridgehead atoms. The highest BCUT2D eigenvalue weighted by Crippen LogP contribution is 2.38. The molecule has 1 atom stereocenters. The van der Waals surface area contributed by atoms with Gasteiger partial charge in [-0.25, -0.2) is 0 Å². The van der Waals surface area contributed by atoms with Crippen LogP contribution in [0.2, 0.25) is 0 Å². The van der Waals surface area contributed by atoms with Crippen LogP contribution in [0.15, 0.2) is 12.1 Å². The standard InChI is InChI=1S/C22H35N3O7/c1-4-5-6-12-24-21(26)9-8-13-31-20-15-18(25(28)29)17(14-19(20)30-3)16(2)32-22(27)10-7-11-23/h14-16H,4-13,23H2,1-3H3,(H,24,26). The lowest BCUT2D eigenvalue weighted by atomic mass is 10.1. The van der Waals surface area contributed by atoms with E-state index in [2.05, 4.69) is 12.2 Å². The molecule has 0 aliphatic rings. The molecule has 0 aliphatic heterocycles. The molecule has 1 amide bonds. The lowest BCUT2D eigenvalue weighted by Gasteiger charge is -2.17. The number of nitrogens with zero attached hydrogens (tertiary/aromatic N) is 1. The van der Waals surface area contributed by atoms with Crippen molar-refractivity contribution in [3.63, 3.8) is 0 Å². The first-order valence-corrected chi connectivity index (χ1v) is 11.0. The van der Waals surface area contributed by atoms with Crippen molar-refractivity contribution in [2.75, 3.05) is 26.8 Å². The van der Waals surface area contributed by atoms with Crippen LogP contribution in [0.5, 0.6) is 11.5 Å². The van der Waals surface area contributed by atoms with Gasteiger partial charge in [0.05, 0.1) is 30.3 Å². The minimum absolute atomic E-state index is 0.0525. The molecule has 0 aromatic heterocycles. The largest absolute Gasteiger partial charge is 0.493 e. The molecule has 1 unspecified atom stereocenters. The SMILES string of the molecule is CCCCCNC(=O)CCCOc1cc([N+](=O)[O-])c(C(C)OC(=O)CCCN)cc1OC. The topological polar surface area (TPSA) is 143 Å². The molecule has 1 aromatic carbocycles. The highest BCUT2D eigenvalue weighted by Gasteiger charge is 2.26. The molecule has 10 nitrogen and oxygen atoms in total. The molecule has 0 heterocycles. The summed E-state index contributed by atoms with van der Waals surface area (Å²) in [7, 11) is 1.42. The third-order valence-electron chi connectivity index (χ3n) is 4.75. The number of carbonyl (C=O) groups is 2. The van der Waals surface area contributed by atoms with Crippen LogP contribution in [0.1, 0.15) is 70.5 Å². The van der Waals surface area contributed by atoms with E-state index in [4.69, 9.17) is 19.9 Å². The van der Waals surface area contributed by atoms with Gasteiger partial charge in [-0.05, 0) is 38.8 Å². The smallest absolute Gasteiger partial charge is 0.306 e. The van der Waals surface area contributed by atoms with Gasteiger partial charge in [0.1, 0.15) is 6.10 Å². The first kappa shape index (κ1) is 27.2. The number of ether oxygens (including phenoxy) is 3. The first-order chi connectivity index (χ1) is 15.3. The Morgan fingerprint density at radius 1 is 1.16 bits per heavy atom. The van der Waals surface area contributed by atoms with Gasteiger partial charge in [0.15, 0.2) is 11.5 Å². The number of benzene rings is 1. The van der Waals surface area contributed by atoms with Gasteiger partial charge >= 0.3 is 5.97 Å². The Bertz CT molecular complexity index is 755. The summed E-state index contributed by atoms with van der Waals surface area (Å²) in [4.78, 5) is 34.7. The van der Waals surface area contributed by atoms with Crippen LogP contribution in [-0.2, 0) is 14.3 Å². The molecule has 32 heavy (non-hydrogen) atoms. The number of hydrogen-bond acceptors (Lipinski definition) is 8. The summed E-state index contributed by atoms with van der Waals surface area (Å²) in [6, 6.07) is 2.69. The van der Waals surface area contributed by atoms with Crippen LogP contribution in [0.4, 0.5) is 5.69 Å². The van der Waals surface area contributed by atoms with E-state index in [1.807, 2.05) is 0 Å². The second kappa shape index (κ2) is 15.0. The minimum Gasteiger partial charge on any atom is -0.493 e. The fourth-order valence-electron chi connectivity index (χ4n) is 2.99. The van der Waals surface area contributed by atoms with Gasteiger partial charge in [0, 0.05) is 19.4 Å². The number of carbonyl (C=O) groups excluding carboxylic acids is 2. The van der Waals surface area contributed by atoms with Crippen molar-refractivity contribution in [1.29, 1.82) is 0 Å². The summed E-state index contributed by atoms with van der Waals surface area (Å²) in [5.41, 5.74) is 5.34. The van der Waals surface area contributed by atoms with E-state index in [0.717, 1.165) is 19.3 Å². The van der Waals surface area contributed by atoms with Crippen LogP contribution < -0.4 is 20.5 Å². The number of nitro groups is 1. The Hall–Kier alpha value is -2.88. The van der Waals surface area contributed by atoms with E-state index in [-0.39, 0.29) is 41.7 Å². The number of nitrogens with one attached hydrogen (secondary N) is 1. The van der Waals surface area contributed by atoms with E-state index in [0.29, 0.717) is 32.4 Å². The molecule has 0 saturated heterocycles. The molecular formula is C22H35N3O7. The number of hydrogen-bond donors (Lipinski definition) is 2. The van der Waals surface area contributed by atoms with Gasteiger partial charge in [0.2, 0.25) is 5.91 Å². The first-order valence-electron chi connectivity index (χ1n) is 11.0. The van der Waals surface area contributed by atoms with Gasteiger partial charge in [-0.2, -0.15) is 0 Å². The number of rotatable bonds is 16. The van der Waals surface area contributed by atoms with Gasteiger partial charge in [-0.3, -0.25) is 19.7 Å². The predicted octanol–water partition coefficient (Wildman–Crippen LogP) is 3.41. The monoisotopic (exact) mass is 453 g/mol. The van der Waals surface area contributed by atoms with Crippen molar-refractivity contribution in [3.8, 4) is 11.5 Å². The Labute approximate surface area is 188 Å². The Morgan fingerprint density at radius 2 is 1.91 bits per heavy atom. The van der Waals surface area contributed by atoms with E-state index in [1.54, 1.807) is 6.92 Å². The fraction of sp³-hybridized carbons (Fsp3) is 0.636. The van der Waals surface area contributed by atoms with Crippen molar-refractivity contribution in [1.82, 2.24) is 5.32 Å². The average molecular weight is 454 g/mol. The predicted molar refractivity (Wildman–Crippen MR) is 120 cm³/mol. The molecule has 0 saturated carbocycles. The van der Waals surface area contributed by atoms with Gasteiger partial charge in [-0.15, -0.1) is 0 Å². The molecule has 180 valence electrons. The van der Waals surface area contributed by atoms with Crippen molar-refractivity contribution < 1.29 is 28.7 Å². The summed E-state index contributed by atoms with van der Waals surface area (Å²) in [5, 5.41) is 14.5. The molecule has 0 radical (unpaired) electrons. The molecule has 10 heteroatoms. The van der Waals surface area contributed by atoms with Crippen LogP contribution in [-0.4, -0.2) is 43.6 Å². The summed E-state index contributed by atoms with van der Waals surface area (Å²) in [6.45, 7) is 4.86. The molecular weight excluding hydrogens is 418 g/mol. The van der Waals surface area contributed by atoms with Crippen LogP contribution in [0, 0.1) is 10.1 Å². The Balaban J connectivity index is 2.76. The summed E-state index contributed by atoms with van der Waals surface area (Å²) < 4.78 is 16.3. The van der Waals surface area contributed by atoms with Crippen LogP contribution >= 0.6 is 0 Å². The molecule has 0 fully saturated rings.